The van der Waals surface area contributed by atoms with Gasteiger partial charge in [-0.3, -0.25) is 0 Å². The summed E-state index contributed by atoms with van der Waals surface area (Å²) in [7, 11) is 0. The van der Waals surface area contributed by atoms with Crippen LogP contribution in [0.3, 0.4) is 0 Å². The number of fused-ring (bicyclic) bond motifs is 1. The predicted molar refractivity (Wildman–Crippen MR) is 111 cm³/mol. The lowest BCUT2D eigenvalue weighted by atomic mass is 9.88. The van der Waals surface area contributed by atoms with Gasteiger partial charge in [0.2, 0.25) is 0 Å². The number of anilines is 1. The molecule has 1 unspecified atom stereocenters. The Morgan fingerprint density at radius 3 is 2.63 bits per heavy atom. The lowest BCUT2D eigenvalue weighted by molar-refractivity contribution is 0.0526. The zero-order valence-corrected chi connectivity index (χ0v) is 18.1. The molecule has 0 radical (unpaired) electrons. The van der Waals surface area contributed by atoms with Gasteiger partial charge in [-0.2, -0.15) is 5.10 Å². The average molecular weight is 392 g/mol. The lowest BCUT2D eigenvalue weighted by Gasteiger charge is -2.38. The van der Waals surface area contributed by atoms with E-state index in [0.717, 1.165) is 22.8 Å². The van der Waals surface area contributed by atoms with Gasteiger partial charge < -0.3 is 10.1 Å². The van der Waals surface area contributed by atoms with E-state index in [1.54, 1.807) is 0 Å². The minimum absolute atomic E-state index is 0.0983. The minimum Gasteiger partial charge on any atom is -0.462 e. The molecular weight excluding hydrogens is 362 g/mol. The number of ether oxygens (including phenoxy) is 1. The molecule has 0 aliphatic carbocycles. The molecule has 1 aromatic rings. The van der Waals surface area contributed by atoms with Gasteiger partial charge in [0, 0.05) is 5.03 Å². The fourth-order valence-corrected chi connectivity index (χ4v) is 3.44. The number of rotatable bonds is 5. The maximum atomic E-state index is 12.5. The van der Waals surface area contributed by atoms with Gasteiger partial charge >= 0.3 is 5.97 Å². The number of hydrogen-bond donors (Lipinski definition) is 1. The quantitative estimate of drug-likeness (QED) is 0.545. The van der Waals surface area contributed by atoms with Gasteiger partial charge in [-0.25, -0.2) is 9.48 Å². The second-order valence-electron chi connectivity index (χ2n) is 7.71. The van der Waals surface area contributed by atoms with Crippen LogP contribution in [-0.4, -0.2) is 28.4 Å². The van der Waals surface area contributed by atoms with Gasteiger partial charge in [-0.1, -0.05) is 34.9 Å². The molecule has 1 N–H and O–H groups in total. The highest BCUT2D eigenvalue weighted by atomic mass is 35.5. The van der Waals surface area contributed by atoms with Crippen molar-refractivity contribution in [2.45, 2.75) is 66.5 Å². The van der Waals surface area contributed by atoms with Crippen molar-refractivity contribution >= 4 is 23.4 Å². The smallest absolute Gasteiger partial charge is 0.343 e. The summed E-state index contributed by atoms with van der Waals surface area (Å²) >= 11 is 5.91. The number of hydrogen-bond acceptors (Lipinski definition) is 4. The van der Waals surface area contributed by atoms with Crippen molar-refractivity contribution in [3.63, 3.8) is 0 Å². The Hall–Kier alpha value is -2.01. The molecule has 148 valence electrons. The van der Waals surface area contributed by atoms with Crippen LogP contribution in [0.25, 0.3) is 0 Å². The fraction of sp³-hybridized carbons (Fsp3) is 0.524. The molecule has 1 atom stereocenters. The number of esters is 1. The van der Waals surface area contributed by atoms with Gasteiger partial charge in [-0.05, 0) is 61.0 Å². The van der Waals surface area contributed by atoms with Crippen molar-refractivity contribution in [1.82, 2.24) is 9.78 Å². The second kappa shape index (κ2) is 8.34. The van der Waals surface area contributed by atoms with Gasteiger partial charge in [0.1, 0.15) is 11.4 Å². The normalized spacial score (nSPS) is 20.1. The van der Waals surface area contributed by atoms with Crippen molar-refractivity contribution in [2.75, 3.05) is 11.9 Å². The molecular formula is C21H30ClN3O2. The van der Waals surface area contributed by atoms with Crippen LogP contribution < -0.4 is 5.32 Å². The molecule has 1 aromatic heterocycles. The first kappa shape index (κ1) is 21.3. The third-order valence-electron chi connectivity index (χ3n) is 4.71. The van der Waals surface area contributed by atoms with Crippen LogP contribution in [0.15, 0.2) is 34.4 Å². The molecule has 2 rings (SSSR count). The SMILES string of the molecule is CCOC(=O)c1c(C)nn2c1NC(/C(C)=C/C(C)=C\C=C(/C)Cl)CC2(C)C. The minimum atomic E-state index is -0.333. The maximum Gasteiger partial charge on any atom is 0.343 e. The number of halogens is 1. The number of aryl methyl sites for hydroxylation is 1. The molecule has 1 aliphatic rings. The molecule has 1 aliphatic heterocycles. The second-order valence-corrected chi connectivity index (χ2v) is 8.30. The van der Waals surface area contributed by atoms with Crippen LogP contribution in [0.5, 0.6) is 0 Å². The van der Waals surface area contributed by atoms with E-state index in [4.69, 9.17) is 16.3 Å². The predicted octanol–water partition coefficient (Wildman–Crippen LogP) is 5.32. The summed E-state index contributed by atoms with van der Waals surface area (Å²) in [6.07, 6.45) is 6.89. The highest BCUT2D eigenvalue weighted by Crippen LogP contribution is 2.37. The van der Waals surface area contributed by atoms with E-state index in [-0.39, 0.29) is 17.6 Å². The number of carbonyl (C=O) groups is 1. The van der Waals surface area contributed by atoms with Crippen LogP contribution in [0, 0.1) is 6.92 Å². The molecule has 0 bridgehead atoms. The Labute approximate surface area is 167 Å². The Bertz CT molecular complexity index is 812. The first-order valence-corrected chi connectivity index (χ1v) is 9.67. The highest BCUT2D eigenvalue weighted by molar-refractivity contribution is 6.29. The third kappa shape index (κ3) is 4.83. The standard InChI is InChI=1S/C21H30ClN3O2/c1-8-27-20(26)18-16(5)24-25-19(18)23-17(12-21(25,6)7)14(3)11-13(2)9-10-15(4)22/h9-11,17,23H,8,12H2,1-7H3/b13-9-,14-11+,15-10+. The molecule has 5 nitrogen and oxygen atoms in total. The number of allylic oxidation sites excluding steroid dienone is 5. The van der Waals surface area contributed by atoms with Crippen LogP contribution in [0.2, 0.25) is 0 Å². The summed E-state index contributed by atoms with van der Waals surface area (Å²) in [5.74, 6) is 0.402. The molecule has 0 saturated carbocycles. The molecule has 0 aromatic carbocycles. The number of nitrogens with one attached hydrogen (secondary N) is 1. The van der Waals surface area contributed by atoms with Gasteiger partial charge in [0.05, 0.1) is 23.9 Å². The van der Waals surface area contributed by atoms with E-state index >= 15 is 0 Å². The van der Waals surface area contributed by atoms with Gasteiger partial charge in [0.15, 0.2) is 0 Å². The fourth-order valence-electron chi connectivity index (χ4n) is 3.38. The zero-order chi connectivity index (χ0) is 20.4. The van der Waals surface area contributed by atoms with Crippen molar-refractivity contribution in [2.24, 2.45) is 0 Å². The van der Waals surface area contributed by atoms with E-state index in [1.165, 1.54) is 5.57 Å². The highest BCUT2D eigenvalue weighted by Gasteiger charge is 2.38. The number of carbonyl (C=O) groups excluding carboxylic acids is 1. The number of aromatic nitrogens is 2. The summed E-state index contributed by atoms with van der Waals surface area (Å²) in [5.41, 5.74) is 3.30. The van der Waals surface area contributed by atoms with E-state index in [0.29, 0.717) is 17.9 Å². The third-order valence-corrected chi connectivity index (χ3v) is 4.83. The Balaban J connectivity index is 2.40. The van der Waals surface area contributed by atoms with Crippen molar-refractivity contribution in [3.8, 4) is 0 Å². The summed E-state index contributed by atoms with van der Waals surface area (Å²) in [4.78, 5) is 12.5. The van der Waals surface area contributed by atoms with E-state index in [2.05, 4.69) is 37.3 Å². The summed E-state index contributed by atoms with van der Waals surface area (Å²) in [5, 5.41) is 8.87. The first-order valence-electron chi connectivity index (χ1n) is 9.29. The largest absolute Gasteiger partial charge is 0.462 e. The zero-order valence-electron chi connectivity index (χ0n) is 17.3. The van der Waals surface area contributed by atoms with Crippen molar-refractivity contribution in [3.05, 3.63) is 45.7 Å². The van der Waals surface area contributed by atoms with E-state index < -0.39 is 0 Å². The topological polar surface area (TPSA) is 56.1 Å². The molecule has 27 heavy (non-hydrogen) atoms. The van der Waals surface area contributed by atoms with E-state index in [9.17, 15) is 4.79 Å². The molecule has 0 spiro atoms. The molecule has 6 heteroatoms. The summed E-state index contributed by atoms with van der Waals surface area (Å²) in [6, 6.07) is 0.0983. The van der Waals surface area contributed by atoms with Crippen LogP contribution in [0.4, 0.5) is 5.82 Å². The van der Waals surface area contributed by atoms with Crippen molar-refractivity contribution in [1.29, 1.82) is 0 Å². The van der Waals surface area contributed by atoms with Gasteiger partial charge in [0.25, 0.3) is 0 Å². The lowest BCUT2D eigenvalue weighted by Crippen LogP contribution is -2.42. The average Bonchev–Trinajstić information content (AvgIpc) is 2.90. The Morgan fingerprint density at radius 1 is 1.37 bits per heavy atom. The summed E-state index contributed by atoms with van der Waals surface area (Å²) in [6.45, 7) is 14.3. The van der Waals surface area contributed by atoms with E-state index in [1.807, 2.05) is 44.5 Å². The van der Waals surface area contributed by atoms with Gasteiger partial charge in [-0.15, -0.1) is 0 Å². The molecule has 0 fully saturated rings. The monoisotopic (exact) mass is 391 g/mol. The van der Waals surface area contributed by atoms with Crippen LogP contribution in [-0.2, 0) is 10.3 Å². The van der Waals surface area contributed by atoms with Crippen LogP contribution in [0.1, 0.15) is 64.0 Å². The Kier molecular flexibility index (Phi) is 6.58. The number of nitrogens with zero attached hydrogens (tertiary/aromatic N) is 2. The molecule has 0 saturated heterocycles. The summed E-state index contributed by atoms with van der Waals surface area (Å²) < 4.78 is 7.16. The van der Waals surface area contributed by atoms with Crippen molar-refractivity contribution < 1.29 is 9.53 Å². The first-order chi connectivity index (χ1) is 12.6. The Morgan fingerprint density at radius 2 is 2.04 bits per heavy atom. The molecule has 0 amide bonds. The molecule has 2 heterocycles. The maximum absolute atomic E-state index is 12.5. The van der Waals surface area contributed by atoms with Crippen LogP contribution >= 0.6 is 11.6 Å².